The van der Waals surface area contributed by atoms with Crippen molar-refractivity contribution in [1.82, 2.24) is 0 Å². The van der Waals surface area contributed by atoms with Gasteiger partial charge in [-0.2, -0.15) is 5.26 Å². The van der Waals surface area contributed by atoms with Crippen molar-refractivity contribution in [2.45, 2.75) is 18.7 Å². The molecular weight excluding hydrogens is 288 g/mol. The normalized spacial score (nSPS) is 10.1. The second-order valence-corrected chi connectivity index (χ2v) is 6.52. The molecule has 1 aromatic carbocycles. The summed E-state index contributed by atoms with van der Waals surface area (Å²) < 4.78 is 0. The molecule has 0 aliphatic heterocycles. The van der Waals surface area contributed by atoms with E-state index in [2.05, 4.69) is 11.4 Å². The van der Waals surface area contributed by atoms with Crippen LogP contribution in [-0.2, 0) is 4.79 Å². The number of carbonyl (C=O) groups excluding carboxylic acids is 1. The Morgan fingerprint density at radius 3 is 2.70 bits per heavy atom. The number of hydrogen-bond acceptors (Lipinski definition) is 4. The van der Waals surface area contributed by atoms with E-state index in [0.29, 0.717) is 16.3 Å². The molecule has 102 valence electrons. The summed E-state index contributed by atoms with van der Waals surface area (Å²) in [4.78, 5) is 14.1. The Labute approximate surface area is 126 Å². The summed E-state index contributed by atoms with van der Waals surface area (Å²) in [6.45, 7) is 3.86. The Bertz CT molecular complexity index is 657. The molecule has 3 nitrogen and oxygen atoms in total. The number of aryl methyl sites for hydroxylation is 1. The van der Waals surface area contributed by atoms with Crippen molar-refractivity contribution in [2.24, 2.45) is 0 Å². The van der Waals surface area contributed by atoms with Crippen LogP contribution in [0.1, 0.15) is 16.0 Å². The number of hydrogen-bond donors (Lipinski definition) is 1. The van der Waals surface area contributed by atoms with Gasteiger partial charge in [-0.15, -0.1) is 23.1 Å². The molecule has 0 spiro atoms. The van der Waals surface area contributed by atoms with Gasteiger partial charge in [0.25, 0.3) is 0 Å². The molecule has 0 fully saturated rings. The first-order valence-electron chi connectivity index (χ1n) is 6.09. The van der Waals surface area contributed by atoms with Crippen molar-refractivity contribution in [3.8, 4) is 6.07 Å². The summed E-state index contributed by atoms with van der Waals surface area (Å²) in [5, 5.41) is 12.6. The minimum absolute atomic E-state index is 0.0865. The lowest BCUT2D eigenvalue weighted by Gasteiger charge is -2.03. The van der Waals surface area contributed by atoms with Gasteiger partial charge in [0.2, 0.25) is 5.91 Å². The summed E-state index contributed by atoms with van der Waals surface area (Å²) in [6, 6.07) is 11.9. The number of nitriles is 1. The maximum atomic E-state index is 11.9. The largest absolute Gasteiger partial charge is 0.316 e. The molecule has 0 bridgehead atoms. The Morgan fingerprint density at radius 2 is 2.05 bits per heavy atom. The van der Waals surface area contributed by atoms with Crippen LogP contribution in [0.15, 0.2) is 35.2 Å². The van der Waals surface area contributed by atoms with Gasteiger partial charge >= 0.3 is 0 Å². The van der Waals surface area contributed by atoms with Crippen molar-refractivity contribution in [3.63, 3.8) is 0 Å². The topological polar surface area (TPSA) is 52.9 Å². The molecule has 0 aliphatic carbocycles. The number of nitrogens with one attached hydrogen (secondary N) is 1. The molecule has 2 aromatic rings. The molecule has 1 heterocycles. The van der Waals surface area contributed by atoms with E-state index in [1.165, 1.54) is 23.1 Å². The van der Waals surface area contributed by atoms with E-state index in [-0.39, 0.29) is 5.91 Å². The molecule has 2 rings (SSSR count). The van der Waals surface area contributed by atoms with Gasteiger partial charge in [-0.3, -0.25) is 4.79 Å². The van der Waals surface area contributed by atoms with Gasteiger partial charge in [0.05, 0.1) is 11.3 Å². The van der Waals surface area contributed by atoms with Gasteiger partial charge in [0.1, 0.15) is 11.1 Å². The zero-order valence-corrected chi connectivity index (χ0v) is 12.9. The highest BCUT2D eigenvalue weighted by atomic mass is 32.2. The number of amides is 1. The van der Waals surface area contributed by atoms with Gasteiger partial charge in [0.15, 0.2) is 0 Å². The van der Waals surface area contributed by atoms with E-state index >= 15 is 0 Å². The summed E-state index contributed by atoms with van der Waals surface area (Å²) >= 11 is 2.93. The van der Waals surface area contributed by atoms with Crippen LogP contribution in [0.3, 0.4) is 0 Å². The van der Waals surface area contributed by atoms with Crippen molar-refractivity contribution < 1.29 is 4.79 Å². The predicted molar refractivity (Wildman–Crippen MR) is 84.3 cm³/mol. The van der Waals surface area contributed by atoms with E-state index < -0.39 is 0 Å². The van der Waals surface area contributed by atoms with Gasteiger partial charge in [-0.05, 0) is 31.5 Å². The minimum atomic E-state index is -0.0865. The highest BCUT2D eigenvalue weighted by Gasteiger charge is 2.14. The average Bonchev–Trinajstić information content (AvgIpc) is 2.72. The van der Waals surface area contributed by atoms with Crippen LogP contribution in [0.2, 0.25) is 0 Å². The van der Waals surface area contributed by atoms with Crippen LogP contribution >= 0.6 is 23.1 Å². The Balaban J connectivity index is 1.99. The van der Waals surface area contributed by atoms with E-state index in [1.54, 1.807) is 0 Å². The molecule has 0 unspecified atom stereocenters. The quantitative estimate of drug-likeness (QED) is 0.870. The molecule has 1 N–H and O–H groups in total. The summed E-state index contributed by atoms with van der Waals surface area (Å²) in [5.41, 5.74) is 1.52. The maximum absolute atomic E-state index is 11.9. The molecule has 0 atom stereocenters. The van der Waals surface area contributed by atoms with E-state index in [4.69, 9.17) is 5.26 Å². The number of rotatable bonds is 4. The number of nitrogens with zero attached hydrogens (tertiary/aromatic N) is 1. The van der Waals surface area contributed by atoms with Crippen LogP contribution in [0.25, 0.3) is 0 Å². The molecule has 0 saturated carbocycles. The van der Waals surface area contributed by atoms with Crippen LogP contribution in [-0.4, -0.2) is 11.7 Å². The summed E-state index contributed by atoms with van der Waals surface area (Å²) in [6.07, 6.45) is 0. The molecule has 1 amide bonds. The van der Waals surface area contributed by atoms with E-state index in [1.807, 2.05) is 44.2 Å². The molecule has 20 heavy (non-hydrogen) atoms. The van der Waals surface area contributed by atoms with Gasteiger partial charge < -0.3 is 5.32 Å². The summed E-state index contributed by atoms with van der Waals surface area (Å²) in [5.74, 6) is 0.252. The number of carbonyl (C=O) groups is 1. The first-order chi connectivity index (χ1) is 9.61. The van der Waals surface area contributed by atoms with E-state index in [0.717, 1.165) is 15.3 Å². The number of anilines is 1. The van der Waals surface area contributed by atoms with Gasteiger partial charge in [-0.1, -0.05) is 18.2 Å². The minimum Gasteiger partial charge on any atom is -0.316 e. The summed E-state index contributed by atoms with van der Waals surface area (Å²) in [7, 11) is 0. The first kappa shape index (κ1) is 14.6. The fourth-order valence-electron chi connectivity index (χ4n) is 1.68. The molecule has 0 saturated heterocycles. The SMILES string of the molecule is Cc1sc(NC(=O)CSc2ccccc2)c(C#N)c1C. The zero-order valence-electron chi connectivity index (χ0n) is 11.3. The fourth-order valence-corrected chi connectivity index (χ4v) is 3.42. The van der Waals surface area contributed by atoms with Crippen molar-refractivity contribution in [2.75, 3.05) is 11.1 Å². The third-order valence-electron chi connectivity index (χ3n) is 2.86. The zero-order chi connectivity index (χ0) is 14.5. The molecule has 5 heteroatoms. The van der Waals surface area contributed by atoms with Crippen molar-refractivity contribution in [1.29, 1.82) is 5.26 Å². The lowest BCUT2D eigenvalue weighted by Crippen LogP contribution is -2.13. The average molecular weight is 302 g/mol. The molecular formula is C15H14N2OS2. The van der Waals surface area contributed by atoms with Gasteiger partial charge in [-0.25, -0.2) is 0 Å². The predicted octanol–water partition coefficient (Wildman–Crippen LogP) is 3.97. The third kappa shape index (κ3) is 3.41. The number of benzene rings is 1. The van der Waals surface area contributed by atoms with Crippen LogP contribution in [0, 0.1) is 25.2 Å². The molecule has 1 aromatic heterocycles. The second-order valence-electron chi connectivity index (χ2n) is 4.25. The molecule has 0 aliphatic rings. The highest BCUT2D eigenvalue weighted by molar-refractivity contribution is 8.00. The Kier molecular flexibility index (Phi) is 4.83. The first-order valence-corrected chi connectivity index (χ1v) is 7.90. The van der Waals surface area contributed by atoms with Gasteiger partial charge in [0, 0.05) is 9.77 Å². The standard InChI is InChI=1S/C15H14N2OS2/c1-10-11(2)20-15(13(10)8-16)17-14(18)9-19-12-6-4-3-5-7-12/h3-7H,9H2,1-2H3,(H,17,18). The lowest BCUT2D eigenvalue weighted by molar-refractivity contribution is -0.113. The monoisotopic (exact) mass is 302 g/mol. The van der Waals surface area contributed by atoms with Crippen LogP contribution in [0.4, 0.5) is 5.00 Å². The molecule has 0 radical (unpaired) electrons. The maximum Gasteiger partial charge on any atom is 0.235 e. The number of thiophene rings is 1. The van der Waals surface area contributed by atoms with Crippen molar-refractivity contribution >= 4 is 34.0 Å². The second kappa shape index (κ2) is 6.60. The fraction of sp³-hybridized carbons (Fsp3) is 0.200. The highest BCUT2D eigenvalue weighted by Crippen LogP contribution is 2.31. The smallest absolute Gasteiger partial charge is 0.235 e. The van der Waals surface area contributed by atoms with Crippen LogP contribution < -0.4 is 5.32 Å². The van der Waals surface area contributed by atoms with Crippen LogP contribution in [0.5, 0.6) is 0 Å². The lowest BCUT2D eigenvalue weighted by atomic mass is 10.2. The van der Waals surface area contributed by atoms with E-state index in [9.17, 15) is 4.79 Å². The van der Waals surface area contributed by atoms with Crippen molar-refractivity contribution in [3.05, 3.63) is 46.3 Å². The number of thioether (sulfide) groups is 1. The Hall–Kier alpha value is -1.77. The Morgan fingerprint density at radius 1 is 1.35 bits per heavy atom. The third-order valence-corrected chi connectivity index (χ3v) is 5.00.